The number of aliphatic hydroxyl groups is 1. The molecule has 192 valence electrons. The van der Waals surface area contributed by atoms with Gasteiger partial charge in [-0.2, -0.15) is 0 Å². The summed E-state index contributed by atoms with van der Waals surface area (Å²) in [4.78, 5) is 24.2. The number of nitrogens with one attached hydrogen (secondary N) is 2. The van der Waals surface area contributed by atoms with E-state index in [9.17, 15) is 14.7 Å². The third kappa shape index (κ3) is 3.57. The van der Waals surface area contributed by atoms with Gasteiger partial charge < -0.3 is 20.2 Å². The predicted octanol–water partition coefficient (Wildman–Crippen LogP) is 4.12. The van der Waals surface area contributed by atoms with Crippen molar-refractivity contribution in [1.82, 2.24) is 10.6 Å². The van der Waals surface area contributed by atoms with Crippen molar-refractivity contribution in [2.24, 2.45) is 28.6 Å². The third-order valence-corrected chi connectivity index (χ3v) is 11.7. The van der Waals surface area contributed by atoms with E-state index in [2.05, 4.69) is 24.5 Å². The van der Waals surface area contributed by atoms with E-state index >= 15 is 0 Å². The highest BCUT2D eigenvalue weighted by molar-refractivity contribution is 5.82. The van der Waals surface area contributed by atoms with E-state index in [0.29, 0.717) is 23.8 Å². The summed E-state index contributed by atoms with van der Waals surface area (Å²) in [5.74, 6) is 1.92. The molecule has 35 heavy (non-hydrogen) atoms. The molecule has 9 atom stereocenters. The topological polar surface area (TPSA) is 91.6 Å². The minimum atomic E-state index is -0.663. The Kier molecular flexibility index (Phi) is 5.72. The van der Waals surface area contributed by atoms with Gasteiger partial charge in [-0.25, -0.2) is 4.79 Å². The van der Waals surface area contributed by atoms with Crippen LogP contribution in [0, 0.1) is 28.6 Å². The van der Waals surface area contributed by atoms with Crippen molar-refractivity contribution in [1.29, 1.82) is 0 Å². The Balaban J connectivity index is 1.19. The lowest BCUT2D eigenvalue weighted by Crippen LogP contribution is -2.62. The normalized spacial score (nSPS) is 46.9. The zero-order valence-corrected chi connectivity index (χ0v) is 21.4. The molecule has 1 aromatic heterocycles. The largest absolute Gasteiger partial charge is 0.431 e. The van der Waals surface area contributed by atoms with Crippen molar-refractivity contribution in [3.8, 4) is 0 Å². The van der Waals surface area contributed by atoms with E-state index in [0.717, 1.165) is 82.7 Å². The van der Waals surface area contributed by atoms with Crippen LogP contribution in [0.4, 0.5) is 0 Å². The molecule has 1 amide bonds. The van der Waals surface area contributed by atoms with Crippen LogP contribution in [0.5, 0.6) is 0 Å². The first-order valence-electron chi connectivity index (χ1n) is 14.1. The highest BCUT2D eigenvalue weighted by Crippen LogP contribution is 2.70. The first kappa shape index (κ1) is 23.7. The van der Waals surface area contributed by atoms with Crippen LogP contribution in [-0.4, -0.2) is 35.2 Å². The van der Waals surface area contributed by atoms with Gasteiger partial charge >= 0.3 is 5.63 Å². The minimum absolute atomic E-state index is 0.00253. The molecule has 6 heteroatoms. The molecule has 5 aliphatic rings. The van der Waals surface area contributed by atoms with Gasteiger partial charge in [0.1, 0.15) is 0 Å². The van der Waals surface area contributed by atoms with Gasteiger partial charge in [0, 0.05) is 17.5 Å². The molecule has 4 aliphatic carbocycles. The molecule has 1 saturated heterocycles. The summed E-state index contributed by atoms with van der Waals surface area (Å²) in [6.07, 6.45) is 13.1. The maximum atomic E-state index is 12.7. The minimum Gasteiger partial charge on any atom is -0.431 e. The Morgan fingerprint density at radius 2 is 1.91 bits per heavy atom. The molecule has 1 aromatic rings. The van der Waals surface area contributed by atoms with E-state index in [1.807, 2.05) is 6.07 Å². The predicted molar refractivity (Wildman–Crippen MR) is 134 cm³/mol. The Morgan fingerprint density at radius 1 is 1.06 bits per heavy atom. The van der Waals surface area contributed by atoms with Gasteiger partial charge in [0.25, 0.3) is 0 Å². The number of hydrogen-bond donors (Lipinski definition) is 3. The second-order valence-electron chi connectivity index (χ2n) is 13.0. The van der Waals surface area contributed by atoms with Crippen LogP contribution in [0.1, 0.15) is 96.0 Å². The molecule has 6 nitrogen and oxygen atoms in total. The fourth-order valence-electron chi connectivity index (χ4n) is 9.67. The number of amides is 1. The fourth-order valence-corrected chi connectivity index (χ4v) is 9.67. The zero-order valence-electron chi connectivity index (χ0n) is 21.4. The molecule has 0 aromatic carbocycles. The zero-order chi connectivity index (χ0) is 24.4. The fraction of sp³-hybridized carbons (Fsp3) is 0.793. The van der Waals surface area contributed by atoms with Crippen LogP contribution >= 0.6 is 0 Å². The molecule has 0 spiro atoms. The van der Waals surface area contributed by atoms with Crippen LogP contribution in [0.15, 0.2) is 27.6 Å². The van der Waals surface area contributed by atoms with Crippen LogP contribution in [-0.2, 0) is 4.79 Å². The van der Waals surface area contributed by atoms with Crippen LogP contribution in [0.2, 0.25) is 0 Å². The molecule has 0 bridgehead atoms. The molecule has 1 unspecified atom stereocenters. The number of carbonyl (C=O) groups is 1. The summed E-state index contributed by atoms with van der Waals surface area (Å²) in [6, 6.07) is 3.72. The van der Waals surface area contributed by atoms with E-state index in [4.69, 9.17) is 4.42 Å². The van der Waals surface area contributed by atoms with Gasteiger partial charge in [0.05, 0.1) is 17.9 Å². The van der Waals surface area contributed by atoms with Crippen LogP contribution in [0.3, 0.4) is 0 Å². The number of hydrogen-bond acceptors (Lipinski definition) is 5. The van der Waals surface area contributed by atoms with Crippen LogP contribution in [0.25, 0.3) is 0 Å². The molecule has 3 N–H and O–H groups in total. The molecule has 0 radical (unpaired) electrons. The SMILES string of the molecule is C[C@]12CC[C@@H](NC(=O)C3CCCN3)C[C@H]1CC[C@@H]1[C@@H]2CC[C@]2(C)[C@@H](c3ccc(=O)oc3)CC[C@]12O. The lowest BCUT2D eigenvalue weighted by molar-refractivity contribution is -0.202. The van der Waals surface area contributed by atoms with E-state index in [1.54, 1.807) is 6.26 Å². The lowest BCUT2D eigenvalue weighted by atomic mass is 9.43. The van der Waals surface area contributed by atoms with Gasteiger partial charge in [-0.15, -0.1) is 0 Å². The van der Waals surface area contributed by atoms with Gasteiger partial charge in [-0.1, -0.05) is 13.8 Å². The van der Waals surface area contributed by atoms with E-state index in [1.165, 1.54) is 6.07 Å². The summed E-state index contributed by atoms with van der Waals surface area (Å²) in [5, 5.41) is 19.1. The van der Waals surface area contributed by atoms with E-state index in [-0.39, 0.29) is 34.3 Å². The smallest absolute Gasteiger partial charge is 0.335 e. The average molecular weight is 483 g/mol. The van der Waals surface area contributed by atoms with Crippen molar-refractivity contribution in [3.05, 3.63) is 34.4 Å². The summed E-state index contributed by atoms with van der Waals surface area (Å²) >= 11 is 0. The maximum Gasteiger partial charge on any atom is 0.335 e. The molecule has 1 aliphatic heterocycles. The van der Waals surface area contributed by atoms with E-state index < -0.39 is 5.60 Å². The second kappa shape index (κ2) is 8.44. The number of fused-ring (bicyclic) bond motifs is 5. The molecule has 5 fully saturated rings. The Labute approximate surface area is 208 Å². The molecular weight excluding hydrogens is 440 g/mol. The quantitative estimate of drug-likeness (QED) is 0.603. The number of rotatable bonds is 3. The summed E-state index contributed by atoms with van der Waals surface area (Å²) in [5.41, 5.74) is 0.147. The summed E-state index contributed by atoms with van der Waals surface area (Å²) in [7, 11) is 0. The molecule has 6 rings (SSSR count). The van der Waals surface area contributed by atoms with Crippen molar-refractivity contribution in [2.45, 2.75) is 108 Å². The maximum absolute atomic E-state index is 12.7. The molecule has 4 saturated carbocycles. The Hall–Kier alpha value is -1.66. The van der Waals surface area contributed by atoms with Crippen molar-refractivity contribution >= 4 is 5.91 Å². The molecular formula is C29H42N2O4. The van der Waals surface area contributed by atoms with Crippen molar-refractivity contribution in [3.63, 3.8) is 0 Å². The Morgan fingerprint density at radius 3 is 2.66 bits per heavy atom. The van der Waals surface area contributed by atoms with Gasteiger partial charge in [0.15, 0.2) is 0 Å². The summed E-state index contributed by atoms with van der Waals surface area (Å²) < 4.78 is 5.22. The van der Waals surface area contributed by atoms with Crippen molar-refractivity contribution < 1.29 is 14.3 Å². The molecule has 2 heterocycles. The monoisotopic (exact) mass is 482 g/mol. The number of carbonyl (C=O) groups excluding carboxylic acids is 1. The van der Waals surface area contributed by atoms with Gasteiger partial charge in [-0.05, 0) is 118 Å². The third-order valence-electron chi connectivity index (χ3n) is 11.7. The van der Waals surface area contributed by atoms with Crippen LogP contribution < -0.4 is 16.3 Å². The first-order chi connectivity index (χ1) is 16.7. The highest BCUT2D eigenvalue weighted by Gasteiger charge is 2.67. The highest BCUT2D eigenvalue weighted by atomic mass is 16.4. The second-order valence-corrected chi connectivity index (χ2v) is 13.0. The van der Waals surface area contributed by atoms with Gasteiger partial charge in [-0.3, -0.25) is 4.79 Å². The van der Waals surface area contributed by atoms with Gasteiger partial charge in [0.2, 0.25) is 5.91 Å². The first-order valence-corrected chi connectivity index (χ1v) is 14.1. The Bertz CT molecular complexity index is 1010. The average Bonchev–Trinajstić information content (AvgIpc) is 3.47. The lowest BCUT2D eigenvalue weighted by Gasteiger charge is -2.63. The standard InChI is InChI=1S/C29H42N2O4/c1-27-12-9-20(31-26(33)24-4-3-15-30-24)16-19(27)6-7-23-22(27)10-13-28(2)21(11-14-29(23,28)34)18-5-8-25(32)35-17-18/h5,8,17,19-24,30,34H,3-4,6-7,9-16H2,1-2H3,(H,31,33)/t19-,20-,21-,22+,23-,24?,27+,28-,29+/m1/s1. The van der Waals surface area contributed by atoms with Crippen molar-refractivity contribution in [2.75, 3.05) is 6.54 Å². The summed E-state index contributed by atoms with van der Waals surface area (Å²) in [6.45, 7) is 5.74.